The second kappa shape index (κ2) is 4.66. The van der Waals surface area contributed by atoms with Crippen molar-refractivity contribution in [3.8, 4) is 11.5 Å². The summed E-state index contributed by atoms with van der Waals surface area (Å²) in [6.07, 6.45) is 0. The summed E-state index contributed by atoms with van der Waals surface area (Å²) in [5.74, 6) is 0.253. The lowest BCUT2D eigenvalue weighted by atomic mass is 10.2. The molecular formula is C13H11FO2. The van der Waals surface area contributed by atoms with Crippen molar-refractivity contribution < 1.29 is 14.2 Å². The predicted molar refractivity (Wildman–Crippen MR) is 58.8 cm³/mol. The van der Waals surface area contributed by atoms with Crippen molar-refractivity contribution in [1.29, 1.82) is 0 Å². The molecule has 0 aliphatic rings. The number of phenolic OH excluding ortho intramolecular Hbond substituents is 1. The van der Waals surface area contributed by atoms with Gasteiger partial charge >= 0.3 is 0 Å². The van der Waals surface area contributed by atoms with Crippen LogP contribution >= 0.6 is 0 Å². The van der Waals surface area contributed by atoms with Gasteiger partial charge in [0.05, 0.1) is 0 Å². The predicted octanol–water partition coefficient (Wildman–Crippen LogP) is 3.11. The number of hydrogen-bond donors (Lipinski definition) is 1. The van der Waals surface area contributed by atoms with Crippen molar-refractivity contribution in [1.82, 2.24) is 0 Å². The molecule has 2 rings (SSSR count). The summed E-state index contributed by atoms with van der Waals surface area (Å²) < 4.78 is 18.0. The zero-order chi connectivity index (χ0) is 11.4. The molecule has 0 amide bonds. The molecule has 0 saturated carbocycles. The van der Waals surface area contributed by atoms with Crippen LogP contribution in [0.2, 0.25) is 0 Å². The number of rotatable bonds is 3. The zero-order valence-corrected chi connectivity index (χ0v) is 8.56. The quantitative estimate of drug-likeness (QED) is 0.857. The third kappa shape index (κ3) is 2.51. The maximum Gasteiger partial charge on any atom is 0.161 e. The van der Waals surface area contributed by atoms with Crippen molar-refractivity contribution in [2.45, 2.75) is 6.61 Å². The second-order valence-corrected chi connectivity index (χ2v) is 3.38. The highest BCUT2D eigenvalue weighted by molar-refractivity contribution is 5.38. The Morgan fingerprint density at radius 2 is 1.69 bits per heavy atom. The smallest absolute Gasteiger partial charge is 0.161 e. The van der Waals surface area contributed by atoms with Crippen LogP contribution in [0.15, 0.2) is 48.5 Å². The molecule has 2 aromatic carbocycles. The molecule has 0 aliphatic carbocycles. The van der Waals surface area contributed by atoms with Gasteiger partial charge in [-0.2, -0.15) is 0 Å². The average molecular weight is 218 g/mol. The van der Waals surface area contributed by atoms with Gasteiger partial charge in [0, 0.05) is 0 Å². The number of benzene rings is 2. The molecule has 3 heteroatoms. The third-order valence-corrected chi connectivity index (χ3v) is 2.17. The van der Waals surface area contributed by atoms with Gasteiger partial charge in [-0.15, -0.1) is 0 Å². The van der Waals surface area contributed by atoms with Crippen molar-refractivity contribution in [3.63, 3.8) is 0 Å². The standard InChI is InChI=1S/C13H11FO2/c14-11-7-5-10(6-8-11)9-16-13-4-2-1-3-12(13)15/h1-8,15H,9H2. The van der Waals surface area contributed by atoms with E-state index in [2.05, 4.69) is 0 Å². The van der Waals surface area contributed by atoms with Crippen molar-refractivity contribution in [2.24, 2.45) is 0 Å². The summed E-state index contributed by atoms with van der Waals surface area (Å²) >= 11 is 0. The molecule has 82 valence electrons. The van der Waals surface area contributed by atoms with Gasteiger partial charge in [-0.3, -0.25) is 0 Å². The molecule has 0 radical (unpaired) electrons. The molecule has 0 aromatic heterocycles. The first kappa shape index (κ1) is 10.5. The minimum Gasteiger partial charge on any atom is -0.504 e. The fourth-order valence-corrected chi connectivity index (χ4v) is 1.32. The van der Waals surface area contributed by atoms with Gasteiger partial charge in [-0.1, -0.05) is 24.3 Å². The highest BCUT2D eigenvalue weighted by Crippen LogP contribution is 2.25. The SMILES string of the molecule is Oc1ccccc1OCc1ccc(F)cc1. The Hall–Kier alpha value is -2.03. The van der Waals surface area contributed by atoms with Gasteiger partial charge in [0.25, 0.3) is 0 Å². The minimum absolute atomic E-state index is 0.101. The number of aromatic hydroxyl groups is 1. The van der Waals surface area contributed by atoms with E-state index in [0.29, 0.717) is 12.4 Å². The second-order valence-electron chi connectivity index (χ2n) is 3.38. The molecule has 0 atom stereocenters. The van der Waals surface area contributed by atoms with E-state index in [1.807, 2.05) is 0 Å². The largest absolute Gasteiger partial charge is 0.504 e. The Kier molecular flexibility index (Phi) is 3.05. The number of para-hydroxylation sites is 2. The van der Waals surface area contributed by atoms with Gasteiger partial charge in [0.2, 0.25) is 0 Å². The molecule has 1 N–H and O–H groups in total. The fourth-order valence-electron chi connectivity index (χ4n) is 1.32. The number of halogens is 1. The lowest BCUT2D eigenvalue weighted by Gasteiger charge is -2.07. The van der Waals surface area contributed by atoms with Gasteiger partial charge in [0.1, 0.15) is 12.4 Å². The fraction of sp³-hybridized carbons (Fsp3) is 0.0769. The highest BCUT2D eigenvalue weighted by Gasteiger charge is 2.00. The number of ether oxygens (including phenoxy) is 1. The normalized spacial score (nSPS) is 10.1. The first-order valence-electron chi connectivity index (χ1n) is 4.91. The van der Waals surface area contributed by atoms with Crippen LogP contribution in [-0.2, 0) is 6.61 Å². The molecule has 0 saturated heterocycles. The van der Waals surface area contributed by atoms with E-state index >= 15 is 0 Å². The van der Waals surface area contributed by atoms with E-state index in [1.165, 1.54) is 12.1 Å². The van der Waals surface area contributed by atoms with Gasteiger partial charge in [-0.05, 0) is 29.8 Å². The summed E-state index contributed by atoms with van der Waals surface area (Å²) in [7, 11) is 0. The number of hydrogen-bond acceptors (Lipinski definition) is 2. The van der Waals surface area contributed by atoms with E-state index in [1.54, 1.807) is 36.4 Å². The molecule has 0 unspecified atom stereocenters. The Morgan fingerprint density at radius 1 is 1.00 bits per heavy atom. The Labute approximate surface area is 92.9 Å². The van der Waals surface area contributed by atoms with Crippen LogP contribution in [0, 0.1) is 5.82 Å². The molecule has 0 aliphatic heterocycles. The van der Waals surface area contributed by atoms with Crippen LogP contribution in [0.4, 0.5) is 4.39 Å². The van der Waals surface area contributed by atoms with E-state index in [-0.39, 0.29) is 11.6 Å². The molecule has 0 heterocycles. The number of phenols is 1. The van der Waals surface area contributed by atoms with Crippen LogP contribution < -0.4 is 4.74 Å². The molecule has 16 heavy (non-hydrogen) atoms. The zero-order valence-electron chi connectivity index (χ0n) is 8.56. The van der Waals surface area contributed by atoms with Crippen LogP contribution in [0.3, 0.4) is 0 Å². The van der Waals surface area contributed by atoms with Crippen LogP contribution in [0.5, 0.6) is 11.5 Å². The summed E-state index contributed by atoms with van der Waals surface area (Å²) in [6.45, 7) is 0.303. The summed E-state index contributed by atoms with van der Waals surface area (Å²) in [5, 5.41) is 9.45. The molecule has 0 spiro atoms. The highest BCUT2D eigenvalue weighted by atomic mass is 19.1. The van der Waals surface area contributed by atoms with Crippen LogP contribution in [0.1, 0.15) is 5.56 Å². The average Bonchev–Trinajstić information content (AvgIpc) is 2.30. The maximum atomic E-state index is 12.6. The van der Waals surface area contributed by atoms with E-state index in [4.69, 9.17) is 4.74 Å². The van der Waals surface area contributed by atoms with E-state index < -0.39 is 0 Å². The Morgan fingerprint density at radius 3 is 2.38 bits per heavy atom. The molecule has 2 aromatic rings. The van der Waals surface area contributed by atoms with Crippen LogP contribution in [-0.4, -0.2) is 5.11 Å². The first-order valence-corrected chi connectivity index (χ1v) is 4.91. The molecule has 2 nitrogen and oxygen atoms in total. The summed E-state index contributed by atoms with van der Waals surface area (Å²) in [5.41, 5.74) is 0.852. The minimum atomic E-state index is -0.272. The third-order valence-electron chi connectivity index (χ3n) is 2.17. The topological polar surface area (TPSA) is 29.5 Å². The first-order chi connectivity index (χ1) is 7.75. The molecule has 0 bridgehead atoms. The van der Waals surface area contributed by atoms with Crippen LogP contribution in [0.25, 0.3) is 0 Å². The van der Waals surface area contributed by atoms with E-state index in [0.717, 1.165) is 5.56 Å². The molecular weight excluding hydrogens is 207 g/mol. The summed E-state index contributed by atoms with van der Waals surface area (Å²) in [6, 6.07) is 12.8. The van der Waals surface area contributed by atoms with E-state index in [9.17, 15) is 9.50 Å². The Bertz CT molecular complexity index is 466. The van der Waals surface area contributed by atoms with Crippen molar-refractivity contribution >= 4 is 0 Å². The Balaban J connectivity index is 2.02. The van der Waals surface area contributed by atoms with Crippen molar-refractivity contribution in [3.05, 3.63) is 59.9 Å². The monoisotopic (exact) mass is 218 g/mol. The van der Waals surface area contributed by atoms with Gasteiger partial charge in [-0.25, -0.2) is 4.39 Å². The van der Waals surface area contributed by atoms with Crippen molar-refractivity contribution in [2.75, 3.05) is 0 Å². The maximum absolute atomic E-state index is 12.6. The molecule has 0 fully saturated rings. The lowest BCUT2D eigenvalue weighted by molar-refractivity contribution is 0.289. The summed E-state index contributed by atoms with van der Waals surface area (Å²) in [4.78, 5) is 0. The van der Waals surface area contributed by atoms with Gasteiger partial charge < -0.3 is 9.84 Å². The van der Waals surface area contributed by atoms with Gasteiger partial charge in [0.15, 0.2) is 11.5 Å². The lowest BCUT2D eigenvalue weighted by Crippen LogP contribution is -1.95.